The van der Waals surface area contributed by atoms with Crippen LogP contribution in [0.2, 0.25) is 0 Å². The molecule has 0 saturated heterocycles. The molecule has 0 unspecified atom stereocenters. The van der Waals surface area contributed by atoms with Crippen LogP contribution in [0.25, 0.3) is 33.6 Å². The first-order valence-electron chi connectivity index (χ1n) is 7.99. The molecule has 126 valence electrons. The molecular formula is C18H12FN7. The van der Waals surface area contributed by atoms with Crippen molar-refractivity contribution in [3.05, 3.63) is 66.4 Å². The van der Waals surface area contributed by atoms with Gasteiger partial charge in [0.1, 0.15) is 17.7 Å². The number of halogens is 1. The van der Waals surface area contributed by atoms with Crippen LogP contribution >= 0.6 is 0 Å². The van der Waals surface area contributed by atoms with Crippen molar-refractivity contribution in [3.63, 3.8) is 0 Å². The molecule has 5 rings (SSSR count). The largest absolute Gasteiger partial charge is 0.216 e. The van der Waals surface area contributed by atoms with Crippen molar-refractivity contribution < 1.29 is 4.39 Å². The minimum atomic E-state index is -0.333. The van der Waals surface area contributed by atoms with E-state index in [1.807, 2.05) is 31.2 Å². The van der Waals surface area contributed by atoms with Crippen LogP contribution in [-0.4, -0.2) is 34.7 Å². The van der Waals surface area contributed by atoms with Gasteiger partial charge in [-0.3, -0.25) is 0 Å². The van der Waals surface area contributed by atoms with Crippen molar-refractivity contribution in [2.45, 2.75) is 6.92 Å². The Balaban J connectivity index is 1.81. The minimum absolute atomic E-state index is 0.333. The molecular weight excluding hydrogens is 333 g/mol. The zero-order chi connectivity index (χ0) is 17.7. The Hall–Kier alpha value is -3.68. The van der Waals surface area contributed by atoms with Crippen molar-refractivity contribution in [2.75, 3.05) is 0 Å². The van der Waals surface area contributed by atoms with Gasteiger partial charge in [-0.05, 0) is 37.3 Å². The van der Waals surface area contributed by atoms with Gasteiger partial charge in [-0.15, -0.1) is 5.10 Å². The lowest BCUT2D eigenvalue weighted by Crippen LogP contribution is -2.03. The van der Waals surface area contributed by atoms with Crippen LogP contribution in [0.1, 0.15) is 5.69 Å². The Morgan fingerprint density at radius 2 is 1.85 bits per heavy atom. The zero-order valence-corrected chi connectivity index (χ0v) is 13.7. The van der Waals surface area contributed by atoms with E-state index in [0.717, 1.165) is 22.1 Å². The van der Waals surface area contributed by atoms with Crippen molar-refractivity contribution in [2.24, 2.45) is 0 Å². The first kappa shape index (κ1) is 14.6. The highest BCUT2D eigenvalue weighted by Crippen LogP contribution is 2.26. The van der Waals surface area contributed by atoms with E-state index in [9.17, 15) is 4.39 Å². The van der Waals surface area contributed by atoms with Crippen molar-refractivity contribution in [3.8, 4) is 11.5 Å². The van der Waals surface area contributed by atoms with Gasteiger partial charge in [-0.2, -0.15) is 9.78 Å². The second-order valence-electron chi connectivity index (χ2n) is 5.86. The highest BCUT2D eigenvalue weighted by molar-refractivity contribution is 5.88. The van der Waals surface area contributed by atoms with E-state index in [-0.39, 0.29) is 5.82 Å². The van der Waals surface area contributed by atoms with Gasteiger partial charge in [0.2, 0.25) is 0 Å². The fourth-order valence-electron chi connectivity index (χ4n) is 3.07. The number of aromatic nitrogens is 7. The third kappa shape index (κ3) is 2.08. The number of hydrogen-bond donors (Lipinski definition) is 0. The molecule has 2 aromatic carbocycles. The third-order valence-corrected chi connectivity index (χ3v) is 4.22. The fourth-order valence-corrected chi connectivity index (χ4v) is 3.07. The van der Waals surface area contributed by atoms with Crippen LogP contribution in [-0.2, 0) is 0 Å². The fraction of sp³-hybridized carbons (Fsp3) is 0.0556. The van der Waals surface area contributed by atoms with Crippen LogP contribution in [0.4, 0.5) is 4.39 Å². The summed E-state index contributed by atoms with van der Waals surface area (Å²) in [6, 6.07) is 13.9. The zero-order valence-electron chi connectivity index (χ0n) is 13.7. The summed E-state index contributed by atoms with van der Waals surface area (Å²) in [5.41, 5.74) is 3.51. The van der Waals surface area contributed by atoms with Gasteiger partial charge < -0.3 is 0 Å². The minimum Gasteiger partial charge on any atom is -0.216 e. The van der Waals surface area contributed by atoms with Gasteiger partial charge in [0, 0.05) is 0 Å². The number of aryl methyl sites for hydroxylation is 1. The summed E-state index contributed by atoms with van der Waals surface area (Å²) in [6.45, 7) is 1.87. The molecule has 8 heteroatoms. The van der Waals surface area contributed by atoms with E-state index in [4.69, 9.17) is 0 Å². The molecule has 0 aliphatic carbocycles. The van der Waals surface area contributed by atoms with Gasteiger partial charge in [-0.25, -0.2) is 19.0 Å². The first-order valence-corrected chi connectivity index (χ1v) is 7.99. The van der Waals surface area contributed by atoms with Crippen molar-refractivity contribution in [1.82, 2.24) is 34.7 Å². The van der Waals surface area contributed by atoms with Gasteiger partial charge in [0.25, 0.3) is 0 Å². The smallest absolute Gasteiger partial charge is 0.170 e. The first-order chi connectivity index (χ1) is 12.7. The standard InChI is InChI=1S/C18H12FN7/c1-11-16-17(25(23-11)13-6-4-5-12(19)9-13)20-10-21-18(16)26-15-8-3-2-7-14(15)22-24-26/h2-10H,1H3. The van der Waals surface area contributed by atoms with E-state index in [1.54, 1.807) is 21.5 Å². The van der Waals surface area contributed by atoms with Crippen LogP contribution < -0.4 is 0 Å². The molecule has 7 nitrogen and oxygen atoms in total. The average Bonchev–Trinajstić information content (AvgIpc) is 3.23. The van der Waals surface area contributed by atoms with E-state index < -0.39 is 0 Å². The van der Waals surface area contributed by atoms with Gasteiger partial charge in [0.05, 0.1) is 22.3 Å². The number of fused-ring (bicyclic) bond motifs is 2. The Kier molecular flexibility index (Phi) is 3.05. The van der Waals surface area contributed by atoms with Crippen molar-refractivity contribution >= 4 is 22.1 Å². The highest BCUT2D eigenvalue weighted by Gasteiger charge is 2.18. The average molecular weight is 345 g/mol. The molecule has 0 N–H and O–H groups in total. The summed E-state index contributed by atoms with van der Waals surface area (Å²) in [7, 11) is 0. The second-order valence-corrected chi connectivity index (χ2v) is 5.86. The number of benzene rings is 2. The molecule has 5 aromatic rings. The molecule has 26 heavy (non-hydrogen) atoms. The molecule has 3 aromatic heterocycles. The Labute approximate surface area is 146 Å². The Morgan fingerprint density at radius 3 is 2.73 bits per heavy atom. The van der Waals surface area contributed by atoms with Crippen LogP contribution in [0.15, 0.2) is 54.9 Å². The van der Waals surface area contributed by atoms with Crippen LogP contribution in [0.3, 0.4) is 0 Å². The number of rotatable bonds is 2. The summed E-state index contributed by atoms with van der Waals surface area (Å²) in [5, 5.41) is 13.7. The van der Waals surface area contributed by atoms with Gasteiger partial charge >= 0.3 is 0 Å². The number of nitrogens with zero attached hydrogens (tertiary/aromatic N) is 7. The number of hydrogen-bond acceptors (Lipinski definition) is 5. The summed E-state index contributed by atoms with van der Waals surface area (Å²) in [6.07, 6.45) is 1.45. The lowest BCUT2D eigenvalue weighted by atomic mass is 10.2. The van der Waals surface area contributed by atoms with Crippen LogP contribution in [0.5, 0.6) is 0 Å². The lowest BCUT2D eigenvalue weighted by Gasteiger charge is -2.05. The topological polar surface area (TPSA) is 74.3 Å². The molecule has 0 spiro atoms. The maximum Gasteiger partial charge on any atom is 0.170 e. The van der Waals surface area contributed by atoms with E-state index >= 15 is 0 Å². The SMILES string of the molecule is Cc1nn(-c2cccc(F)c2)c2ncnc(-n3nnc4ccccc43)c12. The summed E-state index contributed by atoms with van der Waals surface area (Å²) in [4.78, 5) is 8.77. The molecule has 0 saturated carbocycles. The van der Waals surface area contributed by atoms with Crippen molar-refractivity contribution in [1.29, 1.82) is 0 Å². The molecule has 0 atom stereocenters. The number of para-hydroxylation sites is 1. The predicted molar refractivity (Wildman–Crippen MR) is 93.8 cm³/mol. The highest BCUT2D eigenvalue weighted by atomic mass is 19.1. The molecule has 0 aliphatic heterocycles. The van der Waals surface area contributed by atoms with Crippen LogP contribution in [0, 0.1) is 12.7 Å². The summed E-state index contributed by atoms with van der Waals surface area (Å²) >= 11 is 0. The maximum absolute atomic E-state index is 13.6. The van der Waals surface area contributed by atoms with Gasteiger partial charge in [0.15, 0.2) is 11.5 Å². The van der Waals surface area contributed by atoms with E-state index in [0.29, 0.717) is 17.2 Å². The van der Waals surface area contributed by atoms with E-state index in [2.05, 4.69) is 25.4 Å². The monoisotopic (exact) mass is 345 g/mol. The normalized spacial score (nSPS) is 11.5. The second kappa shape index (κ2) is 5.41. The molecule has 0 aliphatic rings. The molecule has 3 heterocycles. The summed E-state index contributed by atoms with van der Waals surface area (Å²) in [5.74, 6) is 0.254. The Bertz CT molecular complexity index is 1270. The quantitative estimate of drug-likeness (QED) is 0.492. The molecule has 0 bridgehead atoms. The van der Waals surface area contributed by atoms with E-state index in [1.165, 1.54) is 18.5 Å². The predicted octanol–water partition coefficient (Wildman–Crippen LogP) is 3.00. The lowest BCUT2D eigenvalue weighted by molar-refractivity contribution is 0.625. The van der Waals surface area contributed by atoms with Gasteiger partial charge in [-0.1, -0.05) is 23.4 Å². The Morgan fingerprint density at radius 1 is 0.962 bits per heavy atom. The molecule has 0 amide bonds. The summed E-state index contributed by atoms with van der Waals surface area (Å²) < 4.78 is 16.9. The molecule has 0 radical (unpaired) electrons. The maximum atomic E-state index is 13.6. The third-order valence-electron chi connectivity index (χ3n) is 4.22. The molecule has 0 fully saturated rings.